The summed E-state index contributed by atoms with van der Waals surface area (Å²) in [5.74, 6) is -0.884. The minimum absolute atomic E-state index is 0.143. The standard InChI is InChI=1S/C18H14BrCl2N5O2/c1-8-6-9(20)7-10(17(27)22-2)13(8)24-18(28)15-12(16(19)26-25-15)14-11(21)4-3-5-23-14/h3-7H,1-2H3,(H,22,27)(H,24,28)(H,25,26). The number of aryl methyl sites for hydroxylation is 1. The molecular weight excluding hydrogens is 469 g/mol. The van der Waals surface area contributed by atoms with Crippen molar-refractivity contribution in [1.82, 2.24) is 20.5 Å². The fraction of sp³-hybridized carbons (Fsp3) is 0.111. The van der Waals surface area contributed by atoms with Crippen LogP contribution in [0.25, 0.3) is 11.3 Å². The summed E-state index contributed by atoms with van der Waals surface area (Å²) in [6, 6.07) is 6.50. The molecule has 1 aromatic carbocycles. The van der Waals surface area contributed by atoms with E-state index in [1.165, 1.54) is 13.1 Å². The minimum Gasteiger partial charge on any atom is -0.355 e. The van der Waals surface area contributed by atoms with E-state index in [-0.39, 0.29) is 17.2 Å². The van der Waals surface area contributed by atoms with Crippen molar-refractivity contribution in [3.05, 3.63) is 61.9 Å². The van der Waals surface area contributed by atoms with Gasteiger partial charge in [0.05, 0.1) is 27.5 Å². The van der Waals surface area contributed by atoms with Gasteiger partial charge < -0.3 is 10.6 Å². The molecule has 0 aliphatic heterocycles. The predicted octanol–water partition coefficient (Wildman–Crippen LogP) is 4.46. The number of halogens is 3. The summed E-state index contributed by atoms with van der Waals surface area (Å²) in [4.78, 5) is 29.4. The van der Waals surface area contributed by atoms with E-state index in [1.807, 2.05) is 0 Å². The van der Waals surface area contributed by atoms with E-state index < -0.39 is 5.91 Å². The molecule has 0 atom stereocenters. The quantitative estimate of drug-likeness (QED) is 0.511. The Labute approximate surface area is 179 Å². The van der Waals surface area contributed by atoms with Crippen LogP contribution in [-0.4, -0.2) is 34.0 Å². The molecule has 144 valence electrons. The van der Waals surface area contributed by atoms with Gasteiger partial charge in [-0.2, -0.15) is 5.10 Å². The number of H-pyrrole nitrogens is 1. The molecule has 0 saturated heterocycles. The number of hydrogen-bond donors (Lipinski definition) is 3. The zero-order valence-electron chi connectivity index (χ0n) is 14.7. The van der Waals surface area contributed by atoms with Crippen molar-refractivity contribution >= 4 is 56.6 Å². The van der Waals surface area contributed by atoms with Gasteiger partial charge in [0, 0.05) is 18.3 Å². The second-order valence-electron chi connectivity index (χ2n) is 5.78. The van der Waals surface area contributed by atoms with Gasteiger partial charge >= 0.3 is 0 Å². The first kappa shape index (κ1) is 20.3. The van der Waals surface area contributed by atoms with Crippen LogP contribution in [0.1, 0.15) is 26.4 Å². The number of nitrogens with one attached hydrogen (secondary N) is 3. The summed E-state index contributed by atoms with van der Waals surface area (Å²) < 4.78 is 0.387. The molecule has 2 aromatic heterocycles. The Kier molecular flexibility index (Phi) is 6.02. The second kappa shape index (κ2) is 8.30. The number of aromatic nitrogens is 3. The zero-order valence-corrected chi connectivity index (χ0v) is 17.8. The number of aromatic amines is 1. The number of amides is 2. The smallest absolute Gasteiger partial charge is 0.274 e. The van der Waals surface area contributed by atoms with Gasteiger partial charge in [0.15, 0.2) is 0 Å². The van der Waals surface area contributed by atoms with Crippen LogP contribution in [0, 0.1) is 6.92 Å². The van der Waals surface area contributed by atoms with Crippen LogP contribution in [0.15, 0.2) is 35.1 Å². The summed E-state index contributed by atoms with van der Waals surface area (Å²) in [5.41, 5.74) is 2.18. The molecular formula is C18H14BrCl2N5O2. The lowest BCUT2D eigenvalue weighted by Gasteiger charge is -2.14. The molecule has 0 radical (unpaired) electrons. The Bertz CT molecular complexity index is 1080. The molecule has 3 rings (SSSR count). The Morgan fingerprint density at radius 3 is 2.64 bits per heavy atom. The van der Waals surface area contributed by atoms with Crippen molar-refractivity contribution in [1.29, 1.82) is 0 Å². The van der Waals surface area contributed by atoms with Gasteiger partial charge in [-0.25, -0.2) is 0 Å². The molecule has 10 heteroatoms. The first-order valence-electron chi connectivity index (χ1n) is 8.01. The first-order valence-corrected chi connectivity index (χ1v) is 9.56. The first-order chi connectivity index (χ1) is 13.3. The molecule has 0 bridgehead atoms. The number of carbonyl (C=O) groups excluding carboxylic acids is 2. The average Bonchev–Trinajstić information content (AvgIpc) is 3.04. The summed E-state index contributed by atoms with van der Waals surface area (Å²) in [5, 5.41) is 12.8. The van der Waals surface area contributed by atoms with Crippen LogP contribution in [0.5, 0.6) is 0 Å². The van der Waals surface area contributed by atoms with E-state index in [0.717, 1.165) is 0 Å². The number of benzene rings is 1. The molecule has 0 saturated carbocycles. The fourth-order valence-electron chi connectivity index (χ4n) is 2.67. The lowest BCUT2D eigenvalue weighted by molar-refractivity contribution is 0.0964. The third-order valence-corrected chi connectivity index (χ3v) is 5.05. The van der Waals surface area contributed by atoms with Crippen LogP contribution in [-0.2, 0) is 0 Å². The van der Waals surface area contributed by atoms with Crippen molar-refractivity contribution < 1.29 is 9.59 Å². The number of anilines is 1. The average molecular weight is 483 g/mol. The van der Waals surface area contributed by atoms with Gasteiger partial charge in [0.2, 0.25) is 0 Å². The molecule has 2 heterocycles. The molecule has 3 N–H and O–H groups in total. The van der Waals surface area contributed by atoms with Crippen LogP contribution < -0.4 is 10.6 Å². The number of hydrogen-bond acceptors (Lipinski definition) is 4. The molecule has 7 nitrogen and oxygen atoms in total. The molecule has 3 aromatic rings. The highest BCUT2D eigenvalue weighted by atomic mass is 79.9. The molecule has 0 aliphatic rings. The highest BCUT2D eigenvalue weighted by Crippen LogP contribution is 2.34. The van der Waals surface area contributed by atoms with E-state index in [4.69, 9.17) is 23.2 Å². The molecule has 0 spiro atoms. The van der Waals surface area contributed by atoms with Crippen LogP contribution >= 0.6 is 39.1 Å². The number of nitrogens with zero attached hydrogens (tertiary/aromatic N) is 2. The number of rotatable bonds is 4. The van der Waals surface area contributed by atoms with Crippen molar-refractivity contribution in [2.45, 2.75) is 6.92 Å². The van der Waals surface area contributed by atoms with Crippen LogP contribution in [0.3, 0.4) is 0 Å². The van der Waals surface area contributed by atoms with Crippen LogP contribution in [0.2, 0.25) is 10.0 Å². The summed E-state index contributed by atoms with van der Waals surface area (Å²) in [6.45, 7) is 1.74. The number of carbonyl (C=O) groups is 2. The second-order valence-corrected chi connectivity index (χ2v) is 7.37. The molecule has 0 fully saturated rings. The molecule has 0 unspecified atom stereocenters. The van der Waals surface area contributed by atoms with Gasteiger partial charge in [-0.05, 0) is 52.7 Å². The lowest BCUT2D eigenvalue weighted by atomic mass is 10.1. The molecule has 28 heavy (non-hydrogen) atoms. The van der Waals surface area contributed by atoms with Crippen molar-refractivity contribution in [2.24, 2.45) is 0 Å². The van der Waals surface area contributed by atoms with Gasteiger partial charge in [0.1, 0.15) is 10.3 Å². The van der Waals surface area contributed by atoms with Crippen molar-refractivity contribution in [2.75, 3.05) is 12.4 Å². The van der Waals surface area contributed by atoms with E-state index in [2.05, 4.69) is 41.7 Å². The maximum Gasteiger partial charge on any atom is 0.274 e. The predicted molar refractivity (Wildman–Crippen MR) is 112 cm³/mol. The largest absolute Gasteiger partial charge is 0.355 e. The Hall–Kier alpha value is -2.42. The van der Waals surface area contributed by atoms with Gasteiger partial charge in [-0.3, -0.25) is 19.7 Å². The molecule has 2 amide bonds. The van der Waals surface area contributed by atoms with Crippen molar-refractivity contribution in [3.63, 3.8) is 0 Å². The van der Waals surface area contributed by atoms with E-state index in [1.54, 1.807) is 31.3 Å². The van der Waals surface area contributed by atoms with Gasteiger partial charge in [0.25, 0.3) is 11.8 Å². The highest BCUT2D eigenvalue weighted by Gasteiger charge is 2.24. The highest BCUT2D eigenvalue weighted by molar-refractivity contribution is 9.10. The SMILES string of the molecule is CNC(=O)c1cc(Cl)cc(C)c1NC(=O)c1[nH]nc(Br)c1-c1ncccc1Cl. The third kappa shape index (κ3) is 3.89. The summed E-state index contributed by atoms with van der Waals surface area (Å²) >= 11 is 15.6. The Balaban J connectivity index is 2.05. The van der Waals surface area contributed by atoms with E-state index in [9.17, 15) is 9.59 Å². The van der Waals surface area contributed by atoms with Crippen LogP contribution in [0.4, 0.5) is 5.69 Å². The summed E-state index contributed by atoms with van der Waals surface area (Å²) in [7, 11) is 1.50. The normalized spacial score (nSPS) is 10.6. The minimum atomic E-state index is -0.509. The maximum absolute atomic E-state index is 13.0. The zero-order chi connectivity index (χ0) is 20.4. The molecule has 0 aliphatic carbocycles. The summed E-state index contributed by atoms with van der Waals surface area (Å²) in [6.07, 6.45) is 1.56. The van der Waals surface area contributed by atoms with Crippen molar-refractivity contribution in [3.8, 4) is 11.3 Å². The monoisotopic (exact) mass is 481 g/mol. The Morgan fingerprint density at radius 2 is 1.96 bits per heavy atom. The van der Waals surface area contributed by atoms with E-state index >= 15 is 0 Å². The topological polar surface area (TPSA) is 99.8 Å². The maximum atomic E-state index is 13.0. The van der Waals surface area contributed by atoms with E-state index in [0.29, 0.717) is 37.2 Å². The van der Waals surface area contributed by atoms with Gasteiger partial charge in [-0.1, -0.05) is 23.2 Å². The Morgan fingerprint density at radius 1 is 1.21 bits per heavy atom. The third-order valence-electron chi connectivity index (χ3n) is 3.96. The fourth-order valence-corrected chi connectivity index (χ4v) is 3.63. The van der Waals surface area contributed by atoms with Gasteiger partial charge in [-0.15, -0.1) is 0 Å². The lowest BCUT2D eigenvalue weighted by Crippen LogP contribution is -2.22. The number of pyridine rings is 1.